The molecule has 0 radical (unpaired) electrons. The lowest BCUT2D eigenvalue weighted by Crippen LogP contribution is -2.40. The van der Waals surface area contributed by atoms with Gasteiger partial charge in [-0.3, -0.25) is 0 Å². The second kappa shape index (κ2) is 5.47. The van der Waals surface area contributed by atoms with Gasteiger partial charge in [0.25, 0.3) is 0 Å². The van der Waals surface area contributed by atoms with E-state index in [0.717, 1.165) is 6.08 Å². The molecular formula is C13H10BrF3O3. The number of rotatable bonds is 2. The van der Waals surface area contributed by atoms with Crippen molar-refractivity contribution in [3.63, 3.8) is 0 Å². The molecule has 0 bridgehead atoms. The first-order valence-electron chi connectivity index (χ1n) is 5.74. The molecule has 1 heterocycles. The van der Waals surface area contributed by atoms with E-state index >= 15 is 0 Å². The van der Waals surface area contributed by atoms with Crippen LogP contribution in [0, 0.1) is 0 Å². The minimum Gasteiger partial charge on any atom is -0.475 e. The first-order valence-corrected chi connectivity index (χ1v) is 6.54. The van der Waals surface area contributed by atoms with Crippen LogP contribution < -0.4 is 4.74 Å². The van der Waals surface area contributed by atoms with E-state index in [1.807, 2.05) is 0 Å². The zero-order chi connectivity index (χ0) is 14.9. The highest BCUT2D eigenvalue weighted by Gasteiger charge is 2.48. The van der Waals surface area contributed by atoms with Gasteiger partial charge < -0.3 is 9.47 Å². The average Bonchev–Trinajstić information content (AvgIpc) is 2.36. The number of benzene rings is 1. The van der Waals surface area contributed by atoms with Gasteiger partial charge in [0.2, 0.25) is 6.10 Å². The van der Waals surface area contributed by atoms with E-state index < -0.39 is 23.8 Å². The van der Waals surface area contributed by atoms with Gasteiger partial charge in [0, 0.05) is 10.0 Å². The molecule has 0 aromatic heterocycles. The number of halogens is 4. The highest BCUT2D eigenvalue weighted by Crippen LogP contribution is 2.38. The Hall–Kier alpha value is -1.50. The molecule has 1 aromatic carbocycles. The van der Waals surface area contributed by atoms with Gasteiger partial charge in [-0.15, -0.1) is 0 Å². The van der Waals surface area contributed by atoms with Gasteiger partial charge >= 0.3 is 12.1 Å². The molecule has 3 nitrogen and oxygen atoms in total. The van der Waals surface area contributed by atoms with Crippen molar-refractivity contribution < 1.29 is 27.4 Å². The number of carbonyl (C=O) groups is 1. The molecule has 2 rings (SSSR count). The lowest BCUT2D eigenvalue weighted by Gasteiger charge is -2.27. The summed E-state index contributed by atoms with van der Waals surface area (Å²) < 4.78 is 49.2. The Kier molecular flexibility index (Phi) is 4.08. The molecule has 0 saturated carbocycles. The normalized spacial score (nSPS) is 17.9. The molecule has 1 aliphatic heterocycles. The summed E-state index contributed by atoms with van der Waals surface area (Å²) in [5, 5.41) is 0. The third kappa shape index (κ3) is 2.98. The summed E-state index contributed by atoms with van der Waals surface area (Å²) in [7, 11) is 0. The Labute approximate surface area is 121 Å². The van der Waals surface area contributed by atoms with E-state index in [0.29, 0.717) is 10.0 Å². The van der Waals surface area contributed by atoms with E-state index in [9.17, 15) is 18.0 Å². The maximum atomic E-state index is 13.0. The number of alkyl halides is 3. The summed E-state index contributed by atoms with van der Waals surface area (Å²) in [5.41, 5.74) is -0.159. The lowest BCUT2D eigenvalue weighted by atomic mass is 10.0. The highest BCUT2D eigenvalue weighted by molar-refractivity contribution is 9.10. The first kappa shape index (κ1) is 14.9. The quantitative estimate of drug-likeness (QED) is 0.762. The fraction of sp³-hybridized carbons (Fsp3) is 0.308. The summed E-state index contributed by atoms with van der Waals surface area (Å²) in [6, 6.07) is 4.55. The van der Waals surface area contributed by atoms with Crippen LogP contribution in [-0.4, -0.2) is 24.9 Å². The van der Waals surface area contributed by atoms with E-state index in [-0.39, 0.29) is 12.4 Å². The van der Waals surface area contributed by atoms with Gasteiger partial charge in [0.05, 0.1) is 12.2 Å². The van der Waals surface area contributed by atoms with Gasteiger partial charge in [-0.25, -0.2) is 4.79 Å². The van der Waals surface area contributed by atoms with Crippen LogP contribution in [0.3, 0.4) is 0 Å². The van der Waals surface area contributed by atoms with E-state index in [1.54, 1.807) is 12.1 Å². The third-order valence-corrected chi connectivity index (χ3v) is 3.11. The van der Waals surface area contributed by atoms with Gasteiger partial charge in [-0.1, -0.05) is 15.9 Å². The van der Waals surface area contributed by atoms with Crippen LogP contribution in [-0.2, 0) is 9.53 Å². The van der Waals surface area contributed by atoms with E-state index in [4.69, 9.17) is 4.74 Å². The molecule has 1 atom stereocenters. The molecule has 0 fully saturated rings. The van der Waals surface area contributed by atoms with Crippen molar-refractivity contribution >= 4 is 28.0 Å². The molecule has 7 heteroatoms. The van der Waals surface area contributed by atoms with Gasteiger partial charge in [0.1, 0.15) is 5.75 Å². The number of hydrogen-bond donors (Lipinski definition) is 0. The lowest BCUT2D eigenvalue weighted by molar-refractivity contribution is -0.187. The maximum absolute atomic E-state index is 13.0. The molecule has 0 spiro atoms. The van der Waals surface area contributed by atoms with Crippen molar-refractivity contribution in [2.45, 2.75) is 19.2 Å². The number of esters is 1. The van der Waals surface area contributed by atoms with E-state index in [2.05, 4.69) is 20.7 Å². The number of fused-ring (bicyclic) bond motifs is 1. The van der Waals surface area contributed by atoms with Crippen molar-refractivity contribution in [2.24, 2.45) is 0 Å². The summed E-state index contributed by atoms with van der Waals surface area (Å²) >= 11 is 3.21. The predicted molar refractivity (Wildman–Crippen MR) is 69.2 cm³/mol. The standard InChI is InChI=1S/C13H10BrF3O3/c1-2-19-12(18)9-6-7-5-8(14)3-4-10(7)20-11(9)13(15,16)17/h3-6,11H,2H2,1H3. The minimum absolute atomic E-state index is 0.00785. The van der Waals surface area contributed by atoms with Crippen LogP contribution in [0.25, 0.3) is 6.08 Å². The Balaban J connectivity index is 2.48. The van der Waals surface area contributed by atoms with Crippen LogP contribution in [0.4, 0.5) is 13.2 Å². The summed E-state index contributed by atoms with van der Waals surface area (Å²) in [6.07, 6.45) is -5.85. The molecule has 108 valence electrons. The molecule has 1 aromatic rings. The van der Waals surface area contributed by atoms with Crippen LogP contribution >= 0.6 is 15.9 Å². The Morgan fingerprint density at radius 3 is 2.75 bits per heavy atom. The molecule has 20 heavy (non-hydrogen) atoms. The zero-order valence-corrected chi connectivity index (χ0v) is 11.9. The molecule has 0 N–H and O–H groups in total. The largest absolute Gasteiger partial charge is 0.475 e. The summed E-state index contributed by atoms with van der Waals surface area (Å²) in [4.78, 5) is 11.7. The first-order chi connectivity index (χ1) is 9.32. The average molecular weight is 351 g/mol. The SMILES string of the molecule is CCOC(=O)C1=Cc2cc(Br)ccc2OC1C(F)(F)F. The van der Waals surface area contributed by atoms with Crippen molar-refractivity contribution in [2.75, 3.05) is 6.61 Å². The molecule has 0 aliphatic carbocycles. The molecule has 1 aliphatic rings. The topological polar surface area (TPSA) is 35.5 Å². The Morgan fingerprint density at radius 2 is 2.15 bits per heavy atom. The van der Waals surface area contributed by atoms with Crippen LogP contribution in [0.15, 0.2) is 28.2 Å². The zero-order valence-electron chi connectivity index (χ0n) is 10.3. The van der Waals surface area contributed by atoms with Gasteiger partial charge in [0.15, 0.2) is 0 Å². The second-order valence-corrected chi connectivity index (χ2v) is 4.96. The Morgan fingerprint density at radius 1 is 1.45 bits per heavy atom. The highest BCUT2D eigenvalue weighted by atomic mass is 79.9. The number of ether oxygens (including phenoxy) is 2. The fourth-order valence-electron chi connectivity index (χ4n) is 1.80. The summed E-state index contributed by atoms with van der Waals surface area (Å²) in [5.74, 6) is -0.955. The summed E-state index contributed by atoms with van der Waals surface area (Å²) in [6.45, 7) is 1.52. The van der Waals surface area contributed by atoms with Crippen LogP contribution in [0.2, 0.25) is 0 Å². The molecular weight excluding hydrogens is 341 g/mol. The van der Waals surface area contributed by atoms with Crippen molar-refractivity contribution in [3.05, 3.63) is 33.8 Å². The monoisotopic (exact) mass is 350 g/mol. The fourth-order valence-corrected chi connectivity index (χ4v) is 2.18. The third-order valence-electron chi connectivity index (χ3n) is 2.62. The molecule has 1 unspecified atom stereocenters. The van der Waals surface area contributed by atoms with Crippen LogP contribution in [0.5, 0.6) is 5.75 Å². The van der Waals surface area contributed by atoms with Crippen molar-refractivity contribution in [1.29, 1.82) is 0 Å². The number of hydrogen-bond acceptors (Lipinski definition) is 3. The van der Waals surface area contributed by atoms with Gasteiger partial charge in [-0.2, -0.15) is 13.2 Å². The van der Waals surface area contributed by atoms with Crippen LogP contribution in [0.1, 0.15) is 12.5 Å². The Bertz CT molecular complexity index is 566. The molecule has 0 saturated heterocycles. The van der Waals surface area contributed by atoms with Gasteiger partial charge in [-0.05, 0) is 31.2 Å². The smallest absolute Gasteiger partial charge is 0.430 e. The maximum Gasteiger partial charge on any atom is 0.430 e. The number of carbonyl (C=O) groups excluding carboxylic acids is 1. The minimum atomic E-state index is -4.69. The predicted octanol–water partition coefficient (Wildman–Crippen LogP) is 3.72. The van der Waals surface area contributed by atoms with Crippen molar-refractivity contribution in [3.8, 4) is 5.75 Å². The van der Waals surface area contributed by atoms with E-state index in [1.165, 1.54) is 13.0 Å². The molecule has 0 amide bonds. The van der Waals surface area contributed by atoms with Crippen molar-refractivity contribution in [1.82, 2.24) is 0 Å². The second-order valence-electron chi connectivity index (χ2n) is 4.04.